The molecule has 0 radical (unpaired) electrons. The Morgan fingerprint density at radius 2 is 0.611 bits per heavy atom. The first-order chi connectivity index (χ1) is 12.5. The molecule has 0 aliphatic heterocycles. The fourth-order valence-electron chi connectivity index (χ4n) is 0.162. The molecule has 0 heterocycles. The molecule has 5 N–H and O–H groups in total. The maximum absolute atomic E-state index is 8.59. The van der Waals surface area contributed by atoms with Crippen LogP contribution in [0.4, 0.5) is 0 Å². The summed E-state index contributed by atoms with van der Waals surface area (Å²) in [5.74, 6) is 0. The molecule has 0 atom stereocenters. The normalized spacial score (nSPS) is 9.33. The standard InChI is InChI=1S/C6H14O.C5H12O2.C5H12O.C5H12.C3H8O.7CH4/c1-4-6(2,3)5-7;1-5(2,3-6)4-7;1-5(2,3)4-6;1-5(2,3)4;1-3(2)4;;;;;;;/h7H,4-5H2,1-3H3;6-7H,3-4H2,1-2H3;6H,4H2,1-3H3;1-4H3;3-4H,1-2H3;7*1H4. The van der Waals surface area contributed by atoms with Crippen molar-refractivity contribution in [3.05, 3.63) is 0 Å². The Hall–Kier alpha value is -0.200. The average Bonchev–Trinajstić information content (AvgIpc) is 2.53. The van der Waals surface area contributed by atoms with E-state index in [9.17, 15) is 0 Å². The van der Waals surface area contributed by atoms with Gasteiger partial charge in [-0.25, -0.2) is 0 Å². The molecule has 0 aromatic carbocycles. The molecule has 0 aromatic heterocycles. The molecule has 0 bridgehead atoms. The minimum absolute atomic E-state index is 0. The molecule has 240 valence electrons. The van der Waals surface area contributed by atoms with Crippen molar-refractivity contribution in [2.45, 2.75) is 161 Å². The van der Waals surface area contributed by atoms with E-state index in [4.69, 9.17) is 25.5 Å². The zero-order valence-electron chi connectivity index (χ0n) is 22.3. The zero-order valence-corrected chi connectivity index (χ0v) is 22.3. The zero-order chi connectivity index (χ0) is 25.1. The Kier molecular flexibility index (Phi) is 83.6. The highest BCUT2D eigenvalue weighted by molar-refractivity contribution is 4.63. The number of rotatable bonds is 4. The lowest BCUT2D eigenvalue weighted by Gasteiger charge is -2.17. The van der Waals surface area contributed by atoms with Crippen LogP contribution in [0.25, 0.3) is 0 Å². The SMILES string of the molecule is C.C.C.C.C.C.C.CC(C)(C)C.CC(C)(C)CO.CC(C)(CO)CO.CC(C)O.CCC(C)(C)CO. The van der Waals surface area contributed by atoms with Gasteiger partial charge < -0.3 is 25.5 Å². The van der Waals surface area contributed by atoms with Crippen molar-refractivity contribution in [2.24, 2.45) is 21.7 Å². The van der Waals surface area contributed by atoms with Gasteiger partial charge in [0, 0.05) is 24.7 Å². The maximum Gasteiger partial charge on any atom is 0.0504 e. The molecule has 5 heteroatoms. The molecule has 0 amide bonds. The highest BCUT2D eigenvalue weighted by Crippen LogP contribution is 2.16. The average molecular weight is 539 g/mol. The van der Waals surface area contributed by atoms with E-state index in [1.807, 2.05) is 34.6 Å². The number of aliphatic hydroxyl groups excluding tert-OH is 5. The van der Waals surface area contributed by atoms with Crippen molar-refractivity contribution < 1.29 is 25.5 Å². The first-order valence-corrected chi connectivity index (χ1v) is 10.7. The van der Waals surface area contributed by atoms with Crippen LogP contribution in [-0.2, 0) is 0 Å². The topological polar surface area (TPSA) is 101 Å². The maximum atomic E-state index is 8.59. The second-order valence-corrected chi connectivity index (χ2v) is 12.0. The summed E-state index contributed by atoms with van der Waals surface area (Å²) in [6, 6.07) is 0. The first-order valence-electron chi connectivity index (χ1n) is 10.7. The van der Waals surface area contributed by atoms with Crippen LogP contribution in [0.2, 0.25) is 0 Å². The third-order valence-electron chi connectivity index (χ3n) is 2.72. The largest absolute Gasteiger partial charge is 0.396 e. The third-order valence-corrected chi connectivity index (χ3v) is 2.72. The molecular weight excluding hydrogens is 452 g/mol. The van der Waals surface area contributed by atoms with Crippen LogP contribution in [0.3, 0.4) is 0 Å². The lowest BCUT2D eigenvalue weighted by Crippen LogP contribution is -2.20. The third kappa shape index (κ3) is 166. The van der Waals surface area contributed by atoms with Crippen molar-refractivity contribution in [3.8, 4) is 0 Å². The smallest absolute Gasteiger partial charge is 0.0504 e. The van der Waals surface area contributed by atoms with Crippen LogP contribution in [0.1, 0.15) is 155 Å². The van der Waals surface area contributed by atoms with Gasteiger partial charge in [-0.1, -0.05) is 135 Å². The van der Waals surface area contributed by atoms with Crippen LogP contribution in [-0.4, -0.2) is 58.1 Å². The second kappa shape index (κ2) is 39.3. The van der Waals surface area contributed by atoms with Crippen LogP contribution in [0.5, 0.6) is 0 Å². The molecule has 0 rings (SSSR count). The van der Waals surface area contributed by atoms with E-state index >= 15 is 0 Å². The summed E-state index contributed by atoms with van der Waals surface area (Å²) < 4.78 is 0. The summed E-state index contributed by atoms with van der Waals surface area (Å²) in [6.07, 6.45) is 0.878. The Balaban J connectivity index is -0.0000000193. The van der Waals surface area contributed by atoms with E-state index in [0.29, 0.717) is 12.0 Å². The van der Waals surface area contributed by atoms with Crippen LogP contribution >= 0.6 is 0 Å². The molecule has 0 spiro atoms. The Morgan fingerprint density at radius 3 is 0.611 bits per heavy atom. The Labute approximate surface area is 235 Å². The van der Waals surface area contributed by atoms with Gasteiger partial charge in [0.15, 0.2) is 0 Å². The molecule has 0 aliphatic rings. The number of hydrogen-bond donors (Lipinski definition) is 5. The molecule has 0 fully saturated rings. The molecule has 0 unspecified atom stereocenters. The van der Waals surface area contributed by atoms with Gasteiger partial charge in [0.25, 0.3) is 0 Å². The fraction of sp³-hybridized carbons (Fsp3) is 1.00. The van der Waals surface area contributed by atoms with Gasteiger partial charge in [-0.2, -0.15) is 0 Å². The summed E-state index contributed by atoms with van der Waals surface area (Å²) in [5.41, 5.74) is 0.431. The van der Waals surface area contributed by atoms with Crippen molar-refractivity contribution in [1.82, 2.24) is 0 Å². The lowest BCUT2D eigenvalue weighted by atomic mass is 9.92. The van der Waals surface area contributed by atoms with Gasteiger partial charge in [0.2, 0.25) is 0 Å². The minimum Gasteiger partial charge on any atom is -0.396 e. The minimum atomic E-state index is -0.306. The van der Waals surface area contributed by atoms with Gasteiger partial charge in [-0.05, 0) is 36.5 Å². The summed E-state index contributed by atoms with van der Waals surface area (Å²) in [6.45, 7) is 28.6. The lowest BCUT2D eigenvalue weighted by molar-refractivity contribution is 0.0857. The second-order valence-electron chi connectivity index (χ2n) is 12.0. The van der Waals surface area contributed by atoms with Crippen LogP contribution in [0.15, 0.2) is 0 Å². The first kappa shape index (κ1) is 76.5. The number of hydrogen-bond acceptors (Lipinski definition) is 5. The predicted molar refractivity (Wildman–Crippen MR) is 175 cm³/mol. The number of aliphatic hydroxyl groups is 5. The molecule has 0 aliphatic carbocycles. The summed E-state index contributed by atoms with van der Waals surface area (Å²) in [4.78, 5) is 0. The molecule has 0 saturated carbocycles. The van der Waals surface area contributed by atoms with Crippen molar-refractivity contribution in [1.29, 1.82) is 0 Å². The van der Waals surface area contributed by atoms with E-state index < -0.39 is 0 Å². The molecule has 0 aromatic rings. The summed E-state index contributed by atoms with van der Waals surface area (Å²) in [7, 11) is 0. The van der Waals surface area contributed by atoms with E-state index in [0.717, 1.165) is 6.42 Å². The van der Waals surface area contributed by atoms with Gasteiger partial charge in [0.05, 0.1) is 13.2 Å². The van der Waals surface area contributed by atoms with Crippen LogP contribution < -0.4 is 0 Å². The van der Waals surface area contributed by atoms with Gasteiger partial charge >= 0.3 is 0 Å². The Bertz CT molecular complexity index is 275. The van der Waals surface area contributed by atoms with Gasteiger partial charge in [-0.15, -0.1) is 0 Å². The quantitative estimate of drug-likeness (QED) is 0.245. The highest BCUT2D eigenvalue weighted by Gasteiger charge is 2.13. The Morgan fingerprint density at radius 1 is 0.472 bits per heavy atom. The summed E-state index contributed by atoms with van der Waals surface area (Å²) in [5, 5.41) is 41.9. The molecule has 0 saturated heterocycles. The van der Waals surface area contributed by atoms with Crippen LogP contribution in [0, 0.1) is 21.7 Å². The predicted octanol–water partition coefficient (Wildman–Crippen LogP) is 9.33. The highest BCUT2D eigenvalue weighted by atomic mass is 16.3. The molecular formula is C31H86O5. The van der Waals surface area contributed by atoms with Gasteiger partial charge in [-0.3, -0.25) is 0 Å². The molecule has 36 heavy (non-hydrogen) atoms. The van der Waals surface area contributed by atoms with E-state index in [2.05, 4.69) is 34.6 Å². The molecule has 5 nitrogen and oxygen atoms in total. The van der Waals surface area contributed by atoms with Crippen molar-refractivity contribution in [3.63, 3.8) is 0 Å². The fourth-order valence-corrected chi connectivity index (χ4v) is 0.162. The van der Waals surface area contributed by atoms with E-state index in [1.54, 1.807) is 27.7 Å². The van der Waals surface area contributed by atoms with E-state index in [-0.39, 0.29) is 94.2 Å². The van der Waals surface area contributed by atoms with Crippen molar-refractivity contribution >= 4 is 0 Å². The van der Waals surface area contributed by atoms with Crippen molar-refractivity contribution in [2.75, 3.05) is 26.4 Å². The van der Waals surface area contributed by atoms with Gasteiger partial charge in [0.1, 0.15) is 0 Å². The monoisotopic (exact) mass is 539 g/mol. The summed E-state index contributed by atoms with van der Waals surface area (Å²) >= 11 is 0. The van der Waals surface area contributed by atoms with E-state index in [1.165, 1.54) is 0 Å².